The minimum atomic E-state index is -0.762. The largest absolute Gasteiger partial charge is 0.480 e. The molecule has 0 fully saturated rings. The van der Waals surface area contributed by atoms with E-state index in [-0.39, 0.29) is 0 Å². The van der Waals surface area contributed by atoms with Crippen molar-refractivity contribution in [2.24, 2.45) is 5.73 Å². The highest BCUT2D eigenvalue weighted by Crippen LogP contribution is 2.24. The monoisotopic (exact) mass is 623 g/mol. The van der Waals surface area contributed by atoms with Crippen LogP contribution >= 0.6 is 0 Å². The highest BCUT2D eigenvalue weighted by molar-refractivity contribution is 5.78. The van der Waals surface area contributed by atoms with Gasteiger partial charge >= 0.3 is 5.97 Å². The number of rotatable bonds is 38. The molecule has 0 aliphatic rings. The van der Waals surface area contributed by atoms with Gasteiger partial charge in [0.15, 0.2) is 0 Å². The highest BCUT2D eigenvalue weighted by Gasteiger charge is 2.36. The molecular weight excluding hydrogens is 540 g/mol. The van der Waals surface area contributed by atoms with Crippen LogP contribution in [0.1, 0.15) is 232 Å². The van der Waals surface area contributed by atoms with Crippen molar-refractivity contribution in [3.63, 3.8) is 0 Å². The molecule has 0 aromatic rings. The summed E-state index contributed by atoms with van der Waals surface area (Å²) >= 11 is 0. The van der Waals surface area contributed by atoms with Crippen LogP contribution in [0.3, 0.4) is 0 Å². The lowest BCUT2D eigenvalue weighted by atomic mass is 9.86. The lowest BCUT2D eigenvalue weighted by Gasteiger charge is -2.31. The number of nitrogens with two attached hydrogens (primary N) is 1. The molecule has 1 atom stereocenters. The Hall–Kier alpha value is -0.610. The van der Waals surface area contributed by atoms with Crippen molar-refractivity contribution >= 4 is 5.97 Å². The summed E-state index contributed by atoms with van der Waals surface area (Å²) in [5, 5.41) is 13.8. The van der Waals surface area contributed by atoms with Gasteiger partial charge in [-0.25, -0.2) is 0 Å². The van der Waals surface area contributed by atoms with Crippen molar-refractivity contribution in [2.45, 2.75) is 238 Å². The van der Waals surface area contributed by atoms with Crippen LogP contribution in [0.25, 0.3) is 0 Å². The number of aliphatic carboxylic acids is 1. The highest BCUT2D eigenvalue weighted by atomic mass is 16.4. The minimum absolute atomic E-state index is 0.647. The summed E-state index contributed by atoms with van der Waals surface area (Å²) in [6.45, 7) is 6.04. The molecule has 0 aromatic heterocycles. The number of carboxylic acids is 1. The molecule has 0 radical (unpaired) electrons. The second kappa shape index (κ2) is 35.2. The number of nitrogens with one attached hydrogen (secondary N) is 1. The maximum atomic E-state index is 12.5. The van der Waals surface area contributed by atoms with Crippen molar-refractivity contribution in [3.05, 3.63) is 0 Å². The van der Waals surface area contributed by atoms with Crippen molar-refractivity contribution in [3.8, 4) is 0 Å². The molecule has 4 heteroatoms. The van der Waals surface area contributed by atoms with Crippen LogP contribution in [0.2, 0.25) is 0 Å². The molecule has 4 N–H and O–H groups in total. The molecule has 0 saturated heterocycles. The lowest BCUT2D eigenvalue weighted by Crippen LogP contribution is -2.52. The van der Waals surface area contributed by atoms with Gasteiger partial charge in [0.25, 0.3) is 0 Å². The lowest BCUT2D eigenvalue weighted by molar-refractivity contribution is -0.145. The second-order valence-corrected chi connectivity index (χ2v) is 14.2. The van der Waals surface area contributed by atoms with Gasteiger partial charge in [0, 0.05) is 0 Å². The predicted molar refractivity (Wildman–Crippen MR) is 196 cm³/mol. The molecule has 0 aliphatic heterocycles. The third-order valence-electron chi connectivity index (χ3n) is 9.92. The number of hydrogen-bond donors (Lipinski definition) is 3. The predicted octanol–water partition coefficient (Wildman–Crippen LogP) is 12.7. The summed E-state index contributed by atoms with van der Waals surface area (Å²) in [4.78, 5) is 12.5. The van der Waals surface area contributed by atoms with E-state index in [2.05, 4.69) is 19.2 Å². The Balaban J connectivity index is 3.94. The molecule has 0 aromatic carbocycles. The maximum absolute atomic E-state index is 12.5. The minimum Gasteiger partial charge on any atom is -0.480 e. The summed E-state index contributed by atoms with van der Waals surface area (Å²) in [6.07, 6.45) is 43.7. The summed E-state index contributed by atoms with van der Waals surface area (Å²) in [5.41, 5.74) is 4.98. The van der Waals surface area contributed by atoms with Crippen molar-refractivity contribution in [2.75, 3.05) is 13.1 Å². The van der Waals surface area contributed by atoms with E-state index >= 15 is 0 Å². The Morgan fingerprint density at radius 2 is 0.727 bits per heavy atom. The van der Waals surface area contributed by atoms with E-state index in [1.807, 2.05) is 0 Å². The van der Waals surface area contributed by atoms with Crippen molar-refractivity contribution < 1.29 is 9.90 Å². The average Bonchev–Trinajstić information content (AvgIpc) is 3.02. The number of carbonyl (C=O) groups is 1. The fraction of sp³-hybridized carbons (Fsp3) is 0.975. The van der Waals surface area contributed by atoms with Crippen molar-refractivity contribution in [1.29, 1.82) is 0 Å². The molecule has 0 bridgehead atoms. The van der Waals surface area contributed by atoms with Gasteiger partial charge in [-0.2, -0.15) is 0 Å². The zero-order valence-corrected chi connectivity index (χ0v) is 30.4. The zero-order chi connectivity index (χ0) is 32.2. The third-order valence-corrected chi connectivity index (χ3v) is 9.92. The molecule has 44 heavy (non-hydrogen) atoms. The first-order valence-corrected chi connectivity index (χ1v) is 20.3. The van der Waals surface area contributed by atoms with Gasteiger partial charge in [0.2, 0.25) is 0 Å². The molecule has 0 saturated carbocycles. The normalized spacial score (nSPS) is 13.0. The molecule has 4 nitrogen and oxygen atoms in total. The smallest absolute Gasteiger partial charge is 0.323 e. The van der Waals surface area contributed by atoms with E-state index < -0.39 is 11.5 Å². The van der Waals surface area contributed by atoms with E-state index in [0.717, 1.165) is 45.1 Å². The van der Waals surface area contributed by atoms with Gasteiger partial charge in [-0.15, -0.1) is 0 Å². The Labute approximate surface area is 277 Å². The zero-order valence-electron chi connectivity index (χ0n) is 30.4. The number of unbranched alkanes of at least 4 members (excludes halogenated alkanes) is 29. The molecule has 0 spiro atoms. The molecule has 0 aliphatic carbocycles. The van der Waals surface area contributed by atoms with E-state index in [4.69, 9.17) is 5.73 Å². The second-order valence-electron chi connectivity index (χ2n) is 14.2. The van der Waals surface area contributed by atoms with Crippen LogP contribution in [0, 0.1) is 0 Å². The summed E-state index contributed by atoms with van der Waals surface area (Å²) in [6, 6.07) is 0. The summed E-state index contributed by atoms with van der Waals surface area (Å²) in [7, 11) is 0. The van der Waals surface area contributed by atoms with Crippen LogP contribution in [-0.2, 0) is 4.79 Å². The van der Waals surface area contributed by atoms with Gasteiger partial charge in [0.05, 0.1) is 0 Å². The van der Waals surface area contributed by atoms with Crippen LogP contribution in [0.5, 0.6) is 0 Å². The first-order valence-electron chi connectivity index (χ1n) is 20.3. The van der Waals surface area contributed by atoms with Crippen LogP contribution in [0.4, 0.5) is 0 Å². The van der Waals surface area contributed by atoms with Gasteiger partial charge < -0.3 is 16.2 Å². The van der Waals surface area contributed by atoms with E-state index in [1.165, 1.54) is 173 Å². The van der Waals surface area contributed by atoms with Gasteiger partial charge in [0.1, 0.15) is 5.54 Å². The Kier molecular flexibility index (Phi) is 34.8. The molecule has 264 valence electrons. The van der Waals surface area contributed by atoms with Gasteiger partial charge in [-0.1, -0.05) is 200 Å². The molecular formula is C40H82N2O2. The maximum Gasteiger partial charge on any atom is 0.323 e. The molecule has 0 unspecified atom stereocenters. The Morgan fingerprint density at radius 1 is 0.455 bits per heavy atom. The van der Waals surface area contributed by atoms with Crippen LogP contribution < -0.4 is 11.1 Å². The van der Waals surface area contributed by atoms with Gasteiger partial charge in [-0.05, 0) is 45.2 Å². The standard InChI is InChI=1S/C40H82N2O2/c1-3-5-7-9-11-13-15-17-19-20-22-24-26-28-30-34-38-42-40(39(43)44,36-32-33-37-41)35-31-29-27-25-23-21-18-16-14-12-10-8-6-4-2/h42H,3-38,41H2,1-2H3,(H,43,44)/t40-/m0/s1. The first-order chi connectivity index (χ1) is 21.6. The molecule has 0 rings (SSSR count). The Morgan fingerprint density at radius 3 is 1.02 bits per heavy atom. The quantitative estimate of drug-likeness (QED) is 0.0599. The Bertz CT molecular complexity index is 570. The summed E-state index contributed by atoms with van der Waals surface area (Å²) < 4.78 is 0. The topological polar surface area (TPSA) is 75.3 Å². The molecule has 0 heterocycles. The van der Waals surface area contributed by atoms with Crippen LogP contribution in [0.15, 0.2) is 0 Å². The SMILES string of the molecule is CCCCCCCCCCCCCCCCCCN[C@](CCCCN)(CCCCCCCCCCCCCCCC)C(=O)O. The fourth-order valence-corrected chi connectivity index (χ4v) is 6.78. The summed E-state index contributed by atoms with van der Waals surface area (Å²) in [5.74, 6) is -0.652. The van der Waals surface area contributed by atoms with E-state index in [9.17, 15) is 9.90 Å². The van der Waals surface area contributed by atoms with Crippen LogP contribution in [-0.4, -0.2) is 29.7 Å². The van der Waals surface area contributed by atoms with E-state index in [0.29, 0.717) is 13.0 Å². The van der Waals surface area contributed by atoms with Gasteiger partial charge in [-0.3, -0.25) is 4.79 Å². The van der Waals surface area contributed by atoms with E-state index in [1.54, 1.807) is 0 Å². The number of carboxylic acid groups (broad SMARTS) is 1. The first kappa shape index (κ1) is 43.4. The fourth-order valence-electron chi connectivity index (χ4n) is 6.78. The molecule has 0 amide bonds. The number of hydrogen-bond acceptors (Lipinski definition) is 3. The third kappa shape index (κ3) is 28.8. The van der Waals surface area contributed by atoms with Crippen molar-refractivity contribution in [1.82, 2.24) is 5.32 Å². The average molecular weight is 623 g/mol.